The van der Waals surface area contributed by atoms with Gasteiger partial charge < -0.3 is 16.0 Å². The number of H-pyrrole nitrogens is 1. The highest BCUT2D eigenvalue weighted by molar-refractivity contribution is 7.15. The normalized spacial score (nSPS) is 11.2. The minimum absolute atomic E-state index is 0.231. The number of carbonyl (C=O) groups is 1. The summed E-state index contributed by atoms with van der Waals surface area (Å²) in [5.41, 5.74) is 9.09. The topological polar surface area (TPSA) is 83.8 Å². The van der Waals surface area contributed by atoms with Gasteiger partial charge in [0, 0.05) is 34.4 Å². The quantitative estimate of drug-likeness (QED) is 0.369. The van der Waals surface area contributed by atoms with Crippen LogP contribution < -0.4 is 11.1 Å². The van der Waals surface area contributed by atoms with Crippen LogP contribution in [-0.2, 0) is 4.79 Å². The second-order valence-electron chi connectivity index (χ2n) is 5.76. The Hall–Kier alpha value is -3.38. The number of aromatic nitrogens is 2. The third kappa shape index (κ3) is 3.36. The van der Waals surface area contributed by atoms with Gasteiger partial charge in [-0.1, -0.05) is 24.3 Å². The molecule has 2 aromatic carbocycles. The summed E-state index contributed by atoms with van der Waals surface area (Å²) in [6, 6.07) is 15.4. The monoisotopic (exact) mass is 360 g/mol. The highest BCUT2D eigenvalue weighted by Gasteiger charge is 2.06. The molecule has 0 spiro atoms. The van der Waals surface area contributed by atoms with E-state index in [-0.39, 0.29) is 5.91 Å². The molecule has 0 aliphatic heterocycles. The zero-order valence-electron chi connectivity index (χ0n) is 13.8. The van der Waals surface area contributed by atoms with Gasteiger partial charge in [0.05, 0.1) is 11.4 Å². The van der Waals surface area contributed by atoms with Crippen molar-refractivity contribution in [2.75, 3.05) is 11.1 Å². The fraction of sp³-hybridized carbons (Fsp3) is 0. The number of nitrogen functional groups attached to an aromatic ring is 1. The van der Waals surface area contributed by atoms with Crippen LogP contribution in [0.15, 0.2) is 67.0 Å². The zero-order valence-corrected chi connectivity index (χ0v) is 14.6. The number of carbonyl (C=O) groups excluding carboxylic acids is 1. The van der Waals surface area contributed by atoms with E-state index in [0.29, 0.717) is 11.4 Å². The van der Waals surface area contributed by atoms with E-state index in [0.717, 1.165) is 21.0 Å². The van der Waals surface area contributed by atoms with E-state index in [9.17, 15) is 4.79 Å². The number of nitrogens with one attached hydrogen (secondary N) is 2. The predicted molar refractivity (Wildman–Crippen MR) is 108 cm³/mol. The summed E-state index contributed by atoms with van der Waals surface area (Å²) >= 11 is 1.53. The fourth-order valence-electron chi connectivity index (χ4n) is 2.62. The predicted octanol–water partition coefficient (Wildman–Crippen LogP) is 4.53. The molecule has 0 aliphatic rings. The molecule has 4 N–H and O–H groups in total. The number of nitrogens with two attached hydrogens (primary N) is 1. The molecule has 5 nitrogen and oxygen atoms in total. The largest absolute Gasteiger partial charge is 0.397 e. The molecule has 0 aliphatic carbocycles. The second kappa shape index (κ2) is 6.85. The zero-order chi connectivity index (χ0) is 17.9. The SMILES string of the molecule is Nc1ccccc1NC(=O)/C=C/c1cnc(-c2ccc3cc[nH]c3c2)s1. The van der Waals surface area contributed by atoms with Gasteiger partial charge in [-0.2, -0.15) is 0 Å². The Labute approximate surface area is 154 Å². The first-order valence-corrected chi connectivity index (χ1v) is 8.87. The Balaban J connectivity index is 1.48. The molecular formula is C20H16N4OS. The van der Waals surface area contributed by atoms with Crippen molar-refractivity contribution in [2.24, 2.45) is 0 Å². The van der Waals surface area contributed by atoms with E-state index in [1.165, 1.54) is 22.8 Å². The van der Waals surface area contributed by atoms with Crippen LogP contribution in [-0.4, -0.2) is 15.9 Å². The Kier molecular flexibility index (Phi) is 4.25. The minimum Gasteiger partial charge on any atom is -0.397 e. The van der Waals surface area contributed by atoms with E-state index in [2.05, 4.69) is 27.4 Å². The van der Waals surface area contributed by atoms with Crippen molar-refractivity contribution in [3.8, 4) is 10.6 Å². The summed E-state index contributed by atoms with van der Waals surface area (Å²) < 4.78 is 0. The van der Waals surface area contributed by atoms with Gasteiger partial charge in [-0.15, -0.1) is 11.3 Å². The van der Waals surface area contributed by atoms with Gasteiger partial charge in [-0.3, -0.25) is 4.79 Å². The number of nitrogens with zero attached hydrogens (tertiary/aromatic N) is 1. The average Bonchev–Trinajstić information content (AvgIpc) is 3.30. The van der Waals surface area contributed by atoms with E-state index in [1.54, 1.807) is 24.4 Å². The first kappa shape index (κ1) is 16.1. The molecule has 0 saturated heterocycles. The molecule has 0 bridgehead atoms. The number of fused-ring (bicyclic) bond motifs is 1. The van der Waals surface area contributed by atoms with Gasteiger partial charge in [0.25, 0.3) is 0 Å². The number of hydrogen-bond donors (Lipinski definition) is 3. The van der Waals surface area contributed by atoms with Crippen LogP contribution in [0, 0.1) is 0 Å². The molecule has 0 atom stereocenters. The van der Waals surface area contributed by atoms with Gasteiger partial charge >= 0.3 is 0 Å². The number of hydrogen-bond acceptors (Lipinski definition) is 4. The maximum absolute atomic E-state index is 12.1. The Morgan fingerprint density at radius 3 is 2.96 bits per heavy atom. The van der Waals surface area contributed by atoms with Crippen molar-refractivity contribution in [3.63, 3.8) is 0 Å². The number of thiazole rings is 1. The van der Waals surface area contributed by atoms with Crippen molar-refractivity contribution < 1.29 is 4.79 Å². The first-order valence-electron chi connectivity index (χ1n) is 8.06. The smallest absolute Gasteiger partial charge is 0.248 e. The lowest BCUT2D eigenvalue weighted by Crippen LogP contribution is -2.09. The molecule has 4 aromatic rings. The van der Waals surface area contributed by atoms with Crippen molar-refractivity contribution in [1.29, 1.82) is 0 Å². The molecule has 128 valence electrons. The molecule has 0 radical (unpaired) electrons. The van der Waals surface area contributed by atoms with Crippen LogP contribution >= 0.6 is 11.3 Å². The molecular weight excluding hydrogens is 344 g/mol. The van der Waals surface area contributed by atoms with Gasteiger partial charge in [-0.25, -0.2) is 4.98 Å². The number of amides is 1. The van der Waals surface area contributed by atoms with Crippen molar-refractivity contribution in [3.05, 3.63) is 71.9 Å². The summed E-state index contributed by atoms with van der Waals surface area (Å²) in [7, 11) is 0. The van der Waals surface area contributed by atoms with Gasteiger partial charge in [0.1, 0.15) is 5.01 Å². The molecule has 4 rings (SSSR count). The standard InChI is InChI=1S/C20H16N4OS/c21-16-3-1-2-4-17(16)24-19(25)8-7-15-12-23-20(26-15)14-6-5-13-9-10-22-18(13)11-14/h1-12,22H,21H2,(H,24,25)/b8-7+. The Morgan fingerprint density at radius 2 is 2.08 bits per heavy atom. The Bertz CT molecular complexity index is 1110. The second-order valence-corrected chi connectivity index (χ2v) is 6.82. The fourth-order valence-corrected chi connectivity index (χ4v) is 3.44. The van der Waals surface area contributed by atoms with Gasteiger partial charge in [0.2, 0.25) is 5.91 Å². The third-order valence-electron chi connectivity index (χ3n) is 3.94. The van der Waals surface area contributed by atoms with E-state index >= 15 is 0 Å². The number of para-hydroxylation sites is 2. The summed E-state index contributed by atoms with van der Waals surface area (Å²) in [5.74, 6) is -0.231. The number of benzene rings is 2. The lowest BCUT2D eigenvalue weighted by atomic mass is 10.2. The highest BCUT2D eigenvalue weighted by atomic mass is 32.1. The molecule has 6 heteroatoms. The minimum atomic E-state index is -0.231. The molecule has 0 fully saturated rings. The van der Waals surface area contributed by atoms with E-state index in [1.807, 2.05) is 30.5 Å². The van der Waals surface area contributed by atoms with Gasteiger partial charge in [-0.05, 0) is 35.7 Å². The molecule has 2 heterocycles. The summed E-state index contributed by atoms with van der Waals surface area (Å²) in [4.78, 5) is 20.6. The van der Waals surface area contributed by atoms with Crippen LogP contribution in [0.4, 0.5) is 11.4 Å². The summed E-state index contributed by atoms with van der Waals surface area (Å²) in [5, 5.41) is 4.85. The molecule has 2 aromatic heterocycles. The summed E-state index contributed by atoms with van der Waals surface area (Å²) in [6.45, 7) is 0. The van der Waals surface area contributed by atoms with E-state index < -0.39 is 0 Å². The third-order valence-corrected chi connectivity index (χ3v) is 4.95. The molecule has 0 saturated carbocycles. The number of anilines is 2. The average molecular weight is 360 g/mol. The van der Waals surface area contributed by atoms with Crippen molar-refractivity contribution in [1.82, 2.24) is 9.97 Å². The van der Waals surface area contributed by atoms with Crippen LogP contribution in [0.5, 0.6) is 0 Å². The lowest BCUT2D eigenvalue weighted by Gasteiger charge is -2.04. The van der Waals surface area contributed by atoms with E-state index in [4.69, 9.17) is 5.73 Å². The van der Waals surface area contributed by atoms with Crippen LogP contribution in [0.25, 0.3) is 27.6 Å². The van der Waals surface area contributed by atoms with Crippen LogP contribution in [0.2, 0.25) is 0 Å². The highest BCUT2D eigenvalue weighted by Crippen LogP contribution is 2.28. The number of aromatic amines is 1. The molecule has 0 unspecified atom stereocenters. The lowest BCUT2D eigenvalue weighted by molar-refractivity contribution is -0.111. The summed E-state index contributed by atoms with van der Waals surface area (Å²) in [6.07, 6.45) is 6.92. The maximum Gasteiger partial charge on any atom is 0.248 e. The maximum atomic E-state index is 12.1. The molecule has 26 heavy (non-hydrogen) atoms. The van der Waals surface area contributed by atoms with Crippen molar-refractivity contribution >= 4 is 45.6 Å². The molecule has 1 amide bonds. The van der Waals surface area contributed by atoms with Crippen molar-refractivity contribution in [2.45, 2.75) is 0 Å². The first-order chi connectivity index (χ1) is 12.7. The number of rotatable bonds is 4. The van der Waals surface area contributed by atoms with Gasteiger partial charge in [0.15, 0.2) is 0 Å². The Morgan fingerprint density at radius 1 is 1.19 bits per heavy atom. The van der Waals surface area contributed by atoms with Crippen LogP contribution in [0.3, 0.4) is 0 Å². The van der Waals surface area contributed by atoms with Crippen LogP contribution in [0.1, 0.15) is 4.88 Å².